The lowest BCUT2D eigenvalue weighted by Gasteiger charge is -2.12. The van der Waals surface area contributed by atoms with Crippen molar-refractivity contribution in [3.63, 3.8) is 0 Å². The van der Waals surface area contributed by atoms with Gasteiger partial charge in [-0.3, -0.25) is 19.6 Å². The van der Waals surface area contributed by atoms with E-state index in [2.05, 4.69) is 15.3 Å². The summed E-state index contributed by atoms with van der Waals surface area (Å²) in [5.74, 6) is -0.0872. The SMILES string of the molecule is Cc1oc2ccc(Oc3cncc4ncccc34)cc2c1C(=O)N[C@@H](CO)C(N)=O. The van der Waals surface area contributed by atoms with Gasteiger partial charge >= 0.3 is 0 Å². The standard InChI is InChI=1S/C21H18N4O5/c1-11-19(21(28)25-16(10-26)20(22)27)14-7-12(4-5-17(14)29-11)30-18-9-23-8-15-13(18)3-2-6-24-15/h2-9,16,26H,10H2,1H3,(H2,22,27)(H,25,28)/t16-/m0/s1. The van der Waals surface area contributed by atoms with Crippen LogP contribution in [0, 0.1) is 6.92 Å². The Morgan fingerprint density at radius 2 is 2.10 bits per heavy atom. The second kappa shape index (κ2) is 7.80. The van der Waals surface area contributed by atoms with Crippen molar-refractivity contribution in [2.24, 2.45) is 5.73 Å². The van der Waals surface area contributed by atoms with Crippen LogP contribution >= 0.6 is 0 Å². The van der Waals surface area contributed by atoms with Gasteiger partial charge in [0.1, 0.15) is 23.1 Å². The van der Waals surface area contributed by atoms with Gasteiger partial charge in [0, 0.05) is 17.0 Å². The summed E-state index contributed by atoms with van der Waals surface area (Å²) in [5, 5.41) is 13.0. The number of nitrogens with two attached hydrogens (primary N) is 1. The summed E-state index contributed by atoms with van der Waals surface area (Å²) in [6.45, 7) is 1.03. The molecule has 3 aromatic heterocycles. The first-order chi connectivity index (χ1) is 14.5. The highest BCUT2D eigenvalue weighted by molar-refractivity contribution is 6.08. The van der Waals surface area contributed by atoms with E-state index in [-0.39, 0.29) is 5.56 Å². The Morgan fingerprint density at radius 3 is 2.87 bits per heavy atom. The second-order valence-electron chi connectivity index (χ2n) is 6.61. The molecule has 1 aromatic carbocycles. The zero-order valence-electron chi connectivity index (χ0n) is 16.0. The maximum atomic E-state index is 12.7. The number of furan rings is 1. The normalized spacial score (nSPS) is 12.1. The van der Waals surface area contributed by atoms with Crippen LogP contribution in [-0.4, -0.2) is 39.5 Å². The van der Waals surface area contributed by atoms with Gasteiger partial charge in [-0.1, -0.05) is 0 Å². The molecule has 152 valence electrons. The topological polar surface area (TPSA) is 141 Å². The number of aromatic nitrogens is 2. The third-order valence-corrected chi connectivity index (χ3v) is 4.61. The molecule has 0 unspecified atom stereocenters. The van der Waals surface area contributed by atoms with Crippen LogP contribution in [0.5, 0.6) is 11.5 Å². The van der Waals surface area contributed by atoms with Crippen LogP contribution in [0.3, 0.4) is 0 Å². The summed E-state index contributed by atoms with van der Waals surface area (Å²) in [6.07, 6.45) is 4.90. The molecule has 30 heavy (non-hydrogen) atoms. The van der Waals surface area contributed by atoms with Crippen LogP contribution in [0.2, 0.25) is 0 Å². The molecule has 0 aliphatic carbocycles. The number of pyridine rings is 2. The molecule has 3 heterocycles. The van der Waals surface area contributed by atoms with E-state index in [1.165, 1.54) is 0 Å². The molecule has 0 aliphatic rings. The van der Waals surface area contributed by atoms with Crippen LogP contribution in [0.25, 0.3) is 21.9 Å². The third kappa shape index (κ3) is 3.53. The summed E-state index contributed by atoms with van der Waals surface area (Å²) in [6, 6.07) is 7.53. The van der Waals surface area contributed by atoms with E-state index >= 15 is 0 Å². The number of ether oxygens (including phenoxy) is 1. The number of fused-ring (bicyclic) bond motifs is 2. The molecular weight excluding hydrogens is 388 g/mol. The predicted octanol–water partition coefficient (Wildman–Crippen LogP) is 2.05. The van der Waals surface area contributed by atoms with Crippen molar-refractivity contribution in [3.05, 3.63) is 60.2 Å². The number of nitrogens with one attached hydrogen (secondary N) is 1. The number of nitrogens with zero attached hydrogens (tertiary/aromatic N) is 2. The van der Waals surface area contributed by atoms with Gasteiger partial charge in [-0.15, -0.1) is 0 Å². The molecule has 0 aliphatic heterocycles. The molecule has 0 radical (unpaired) electrons. The highest BCUT2D eigenvalue weighted by Crippen LogP contribution is 2.33. The van der Waals surface area contributed by atoms with E-state index in [9.17, 15) is 14.7 Å². The molecule has 1 atom stereocenters. The Balaban J connectivity index is 1.71. The minimum atomic E-state index is -1.20. The largest absolute Gasteiger partial charge is 0.461 e. The van der Waals surface area contributed by atoms with Crippen molar-refractivity contribution >= 4 is 33.7 Å². The predicted molar refractivity (Wildman–Crippen MR) is 108 cm³/mol. The first-order valence-electron chi connectivity index (χ1n) is 9.08. The van der Waals surface area contributed by atoms with Crippen LogP contribution in [0.4, 0.5) is 0 Å². The number of benzene rings is 1. The summed E-state index contributed by atoms with van der Waals surface area (Å²) >= 11 is 0. The number of aryl methyl sites for hydroxylation is 1. The van der Waals surface area contributed by atoms with Gasteiger partial charge in [0.05, 0.1) is 30.1 Å². The first-order valence-corrected chi connectivity index (χ1v) is 9.08. The number of primary amides is 1. The fraction of sp³-hybridized carbons (Fsp3) is 0.143. The summed E-state index contributed by atoms with van der Waals surface area (Å²) < 4.78 is 11.6. The van der Waals surface area contributed by atoms with Crippen LogP contribution in [0.1, 0.15) is 16.1 Å². The molecule has 0 bridgehead atoms. The fourth-order valence-corrected chi connectivity index (χ4v) is 3.16. The van der Waals surface area contributed by atoms with E-state index in [0.29, 0.717) is 33.7 Å². The number of amides is 2. The number of hydrogen-bond donors (Lipinski definition) is 3. The lowest BCUT2D eigenvalue weighted by atomic mass is 10.1. The van der Waals surface area contributed by atoms with E-state index in [1.54, 1.807) is 49.8 Å². The first kappa shape index (κ1) is 19.3. The monoisotopic (exact) mass is 406 g/mol. The van der Waals surface area contributed by atoms with Gasteiger partial charge in [-0.2, -0.15) is 0 Å². The summed E-state index contributed by atoms with van der Waals surface area (Å²) in [4.78, 5) is 32.4. The fourth-order valence-electron chi connectivity index (χ4n) is 3.16. The van der Waals surface area contributed by atoms with E-state index < -0.39 is 24.5 Å². The molecule has 4 rings (SSSR count). The average molecular weight is 406 g/mol. The molecule has 0 saturated heterocycles. The Labute approximate surface area is 170 Å². The third-order valence-electron chi connectivity index (χ3n) is 4.61. The zero-order valence-corrected chi connectivity index (χ0v) is 16.0. The lowest BCUT2D eigenvalue weighted by Crippen LogP contribution is -2.46. The zero-order chi connectivity index (χ0) is 21.3. The quantitative estimate of drug-likeness (QED) is 0.445. The van der Waals surface area contributed by atoms with Crippen molar-refractivity contribution in [1.29, 1.82) is 0 Å². The van der Waals surface area contributed by atoms with Gasteiger partial charge in [-0.05, 0) is 37.3 Å². The van der Waals surface area contributed by atoms with Crippen LogP contribution in [0.15, 0.2) is 53.3 Å². The number of hydrogen-bond acceptors (Lipinski definition) is 7. The second-order valence-corrected chi connectivity index (χ2v) is 6.61. The Bertz CT molecular complexity index is 1260. The molecule has 0 fully saturated rings. The molecular formula is C21H18N4O5. The molecule has 0 spiro atoms. The number of carbonyl (C=O) groups excluding carboxylic acids is 2. The summed E-state index contributed by atoms with van der Waals surface area (Å²) in [7, 11) is 0. The Hall–Kier alpha value is -3.98. The molecule has 0 saturated carbocycles. The molecule has 4 aromatic rings. The average Bonchev–Trinajstić information content (AvgIpc) is 3.07. The van der Waals surface area contributed by atoms with Crippen molar-refractivity contribution < 1.29 is 23.8 Å². The van der Waals surface area contributed by atoms with E-state index in [0.717, 1.165) is 5.39 Å². The molecule has 2 amide bonds. The van der Waals surface area contributed by atoms with Crippen molar-refractivity contribution in [2.75, 3.05) is 6.61 Å². The van der Waals surface area contributed by atoms with Gasteiger partial charge in [-0.25, -0.2) is 0 Å². The highest BCUT2D eigenvalue weighted by Gasteiger charge is 2.23. The summed E-state index contributed by atoms with van der Waals surface area (Å²) in [5.41, 5.74) is 6.58. The van der Waals surface area contributed by atoms with Gasteiger partial charge < -0.3 is 25.3 Å². The number of rotatable bonds is 6. The smallest absolute Gasteiger partial charge is 0.256 e. The highest BCUT2D eigenvalue weighted by atomic mass is 16.5. The van der Waals surface area contributed by atoms with E-state index in [1.807, 2.05) is 6.07 Å². The Kier molecular flexibility index (Phi) is 5.03. The molecule has 4 N–H and O–H groups in total. The maximum absolute atomic E-state index is 12.7. The van der Waals surface area contributed by atoms with E-state index in [4.69, 9.17) is 14.9 Å². The number of aliphatic hydroxyl groups is 1. The van der Waals surface area contributed by atoms with Gasteiger partial charge in [0.15, 0.2) is 5.75 Å². The maximum Gasteiger partial charge on any atom is 0.256 e. The number of carbonyl (C=O) groups is 2. The van der Waals surface area contributed by atoms with Gasteiger partial charge in [0.25, 0.3) is 5.91 Å². The van der Waals surface area contributed by atoms with Crippen molar-refractivity contribution in [2.45, 2.75) is 13.0 Å². The van der Waals surface area contributed by atoms with Crippen molar-refractivity contribution in [1.82, 2.24) is 15.3 Å². The molecule has 9 heteroatoms. The minimum absolute atomic E-state index is 0.230. The van der Waals surface area contributed by atoms with Crippen LogP contribution < -0.4 is 15.8 Å². The minimum Gasteiger partial charge on any atom is -0.461 e. The van der Waals surface area contributed by atoms with Crippen LogP contribution in [-0.2, 0) is 4.79 Å². The van der Waals surface area contributed by atoms with Gasteiger partial charge in [0.2, 0.25) is 5.91 Å². The lowest BCUT2D eigenvalue weighted by molar-refractivity contribution is -0.120. The molecule has 9 nitrogen and oxygen atoms in total. The number of aliphatic hydroxyl groups excluding tert-OH is 1. The Morgan fingerprint density at radius 1 is 1.27 bits per heavy atom. The van der Waals surface area contributed by atoms with Crippen molar-refractivity contribution in [3.8, 4) is 11.5 Å².